The molecule has 0 bridgehead atoms. The second kappa shape index (κ2) is 5.95. The summed E-state index contributed by atoms with van der Waals surface area (Å²) in [6, 6.07) is 4.05. The topological polar surface area (TPSA) is 67.9 Å². The molecule has 0 radical (unpaired) electrons. The molecule has 6 heteroatoms. The molecule has 23 heavy (non-hydrogen) atoms. The summed E-state index contributed by atoms with van der Waals surface area (Å²) in [6.07, 6.45) is 1.56. The zero-order valence-electron chi connectivity index (χ0n) is 14.2. The van der Waals surface area contributed by atoms with E-state index in [2.05, 4.69) is 51.8 Å². The van der Waals surface area contributed by atoms with E-state index < -0.39 is 0 Å². The molecule has 3 rings (SSSR count). The zero-order chi connectivity index (χ0) is 16.6. The lowest BCUT2D eigenvalue weighted by atomic mass is 10.1. The van der Waals surface area contributed by atoms with Gasteiger partial charge in [0.05, 0.1) is 11.9 Å². The first kappa shape index (κ1) is 15.4. The lowest BCUT2D eigenvalue weighted by molar-refractivity contribution is 0.365. The Morgan fingerprint density at radius 2 is 1.96 bits per heavy atom. The minimum absolute atomic E-state index is 0.329. The van der Waals surface area contributed by atoms with E-state index in [1.807, 2.05) is 20.0 Å². The van der Waals surface area contributed by atoms with Crippen LogP contribution in [-0.4, -0.2) is 27.2 Å². The second-order valence-corrected chi connectivity index (χ2v) is 6.21. The van der Waals surface area contributed by atoms with Crippen LogP contribution in [0.5, 0.6) is 0 Å². The van der Waals surface area contributed by atoms with Gasteiger partial charge in [-0.3, -0.25) is 0 Å². The van der Waals surface area contributed by atoms with Crippen molar-refractivity contribution in [3.8, 4) is 0 Å². The van der Waals surface area contributed by atoms with Crippen LogP contribution in [-0.2, 0) is 6.54 Å². The summed E-state index contributed by atoms with van der Waals surface area (Å²) in [6.45, 7) is 8.83. The minimum atomic E-state index is 0.329. The quantitative estimate of drug-likeness (QED) is 0.735. The van der Waals surface area contributed by atoms with Gasteiger partial charge in [0, 0.05) is 24.7 Å². The normalized spacial score (nSPS) is 11.4. The molecule has 0 amide bonds. The van der Waals surface area contributed by atoms with Gasteiger partial charge >= 0.3 is 0 Å². The molecule has 0 aliphatic heterocycles. The molecule has 6 nitrogen and oxygen atoms in total. The number of pyridine rings is 1. The van der Waals surface area contributed by atoms with Crippen molar-refractivity contribution in [1.82, 2.24) is 20.1 Å². The maximum absolute atomic E-state index is 5.37. The van der Waals surface area contributed by atoms with E-state index >= 15 is 0 Å². The van der Waals surface area contributed by atoms with Crippen LogP contribution in [0.25, 0.3) is 11.0 Å². The number of fused-ring (bicyclic) bond motifs is 1. The van der Waals surface area contributed by atoms with Crippen molar-refractivity contribution >= 4 is 16.9 Å². The summed E-state index contributed by atoms with van der Waals surface area (Å²) in [5.41, 5.74) is 3.70. The smallest absolute Gasteiger partial charge is 0.165 e. The molecule has 0 saturated heterocycles. The molecule has 0 aliphatic carbocycles. The number of nitrogens with zero attached hydrogens (tertiary/aromatic N) is 5. The highest BCUT2D eigenvalue weighted by molar-refractivity contribution is 5.89. The average Bonchev–Trinajstić information content (AvgIpc) is 2.95. The summed E-state index contributed by atoms with van der Waals surface area (Å²) >= 11 is 0. The molecule has 0 atom stereocenters. The Morgan fingerprint density at radius 1 is 1.17 bits per heavy atom. The molecule has 0 aliphatic rings. The molecule has 0 N–H and O–H groups in total. The van der Waals surface area contributed by atoms with Crippen molar-refractivity contribution in [3.05, 3.63) is 41.2 Å². The van der Waals surface area contributed by atoms with Gasteiger partial charge in [-0.1, -0.05) is 19.0 Å². The number of hydrogen-bond donors (Lipinski definition) is 0. The summed E-state index contributed by atoms with van der Waals surface area (Å²) in [5.74, 6) is 2.08. The molecule has 0 unspecified atom stereocenters. The fraction of sp³-hybridized carbons (Fsp3) is 0.412. The molecule has 0 saturated carbocycles. The number of anilines is 1. The number of hydrogen-bond acceptors (Lipinski definition) is 6. The van der Waals surface area contributed by atoms with Crippen LogP contribution in [0.1, 0.15) is 42.5 Å². The van der Waals surface area contributed by atoms with Crippen molar-refractivity contribution in [2.75, 3.05) is 11.9 Å². The Kier molecular flexibility index (Phi) is 3.98. The third kappa shape index (κ3) is 3.02. The highest BCUT2D eigenvalue weighted by Crippen LogP contribution is 2.26. The molecular formula is C17H21N5O. The number of aryl methyl sites for hydroxylation is 2. The van der Waals surface area contributed by atoms with E-state index in [4.69, 9.17) is 4.52 Å². The van der Waals surface area contributed by atoms with Crippen molar-refractivity contribution in [3.63, 3.8) is 0 Å². The molecular weight excluding hydrogens is 290 g/mol. The average molecular weight is 311 g/mol. The van der Waals surface area contributed by atoms with E-state index in [1.165, 1.54) is 0 Å². The zero-order valence-corrected chi connectivity index (χ0v) is 14.2. The van der Waals surface area contributed by atoms with Gasteiger partial charge in [0.1, 0.15) is 23.6 Å². The molecule has 120 valence electrons. The molecule has 0 fully saturated rings. The van der Waals surface area contributed by atoms with E-state index in [-0.39, 0.29) is 0 Å². The van der Waals surface area contributed by atoms with Crippen molar-refractivity contribution in [2.24, 2.45) is 0 Å². The minimum Gasteiger partial charge on any atom is -0.361 e. The largest absolute Gasteiger partial charge is 0.361 e. The van der Waals surface area contributed by atoms with Crippen molar-refractivity contribution in [2.45, 2.75) is 40.2 Å². The van der Waals surface area contributed by atoms with Gasteiger partial charge in [-0.15, -0.1) is 0 Å². The van der Waals surface area contributed by atoms with Gasteiger partial charge in [-0.05, 0) is 25.5 Å². The SMILES string of the molecule is Cc1cc(C)c2c(N(C)Cc3cc(C(C)C)on3)ncnc2n1. The van der Waals surface area contributed by atoms with E-state index in [0.29, 0.717) is 12.5 Å². The third-order valence-corrected chi connectivity index (χ3v) is 3.82. The Balaban J connectivity index is 1.95. The number of aromatic nitrogens is 4. The predicted molar refractivity (Wildman–Crippen MR) is 89.5 cm³/mol. The first-order valence-corrected chi connectivity index (χ1v) is 7.71. The highest BCUT2D eigenvalue weighted by Gasteiger charge is 2.15. The Morgan fingerprint density at radius 3 is 2.65 bits per heavy atom. The molecule has 3 aromatic rings. The van der Waals surface area contributed by atoms with Gasteiger partial charge < -0.3 is 9.42 Å². The Hall–Kier alpha value is -2.50. The fourth-order valence-electron chi connectivity index (χ4n) is 2.67. The standard InChI is InChI=1S/C17H21N5O/c1-10(2)14-7-13(21-23-14)8-22(5)17-15-11(3)6-12(4)20-16(15)18-9-19-17/h6-7,9-10H,8H2,1-5H3. The summed E-state index contributed by atoms with van der Waals surface area (Å²) in [4.78, 5) is 15.3. The van der Waals surface area contributed by atoms with Gasteiger partial charge in [0.15, 0.2) is 5.65 Å². The lowest BCUT2D eigenvalue weighted by Gasteiger charge is -2.19. The van der Waals surface area contributed by atoms with Crippen LogP contribution >= 0.6 is 0 Å². The third-order valence-electron chi connectivity index (χ3n) is 3.82. The first-order valence-electron chi connectivity index (χ1n) is 7.71. The predicted octanol–water partition coefficient (Wildman–Crippen LogP) is 3.39. The molecule has 3 aromatic heterocycles. The van der Waals surface area contributed by atoms with E-state index in [9.17, 15) is 0 Å². The highest BCUT2D eigenvalue weighted by atomic mass is 16.5. The van der Waals surface area contributed by atoms with E-state index in [0.717, 1.165) is 39.6 Å². The molecule has 3 heterocycles. The maximum atomic E-state index is 5.37. The van der Waals surface area contributed by atoms with Crippen LogP contribution in [0.3, 0.4) is 0 Å². The summed E-state index contributed by atoms with van der Waals surface area (Å²) < 4.78 is 5.37. The maximum Gasteiger partial charge on any atom is 0.165 e. The molecule has 0 aromatic carbocycles. The summed E-state index contributed by atoms with van der Waals surface area (Å²) in [7, 11) is 1.99. The van der Waals surface area contributed by atoms with Gasteiger partial charge in [0.25, 0.3) is 0 Å². The van der Waals surface area contributed by atoms with E-state index in [1.54, 1.807) is 6.33 Å². The van der Waals surface area contributed by atoms with Crippen molar-refractivity contribution in [1.29, 1.82) is 0 Å². The number of rotatable bonds is 4. The summed E-state index contributed by atoms with van der Waals surface area (Å²) in [5, 5.41) is 5.12. The van der Waals surface area contributed by atoms with Crippen LogP contribution < -0.4 is 4.90 Å². The molecule has 0 spiro atoms. The van der Waals surface area contributed by atoms with Gasteiger partial charge in [0.2, 0.25) is 0 Å². The second-order valence-electron chi connectivity index (χ2n) is 6.21. The van der Waals surface area contributed by atoms with Gasteiger partial charge in [-0.2, -0.15) is 0 Å². The first-order chi connectivity index (χ1) is 11.0. The van der Waals surface area contributed by atoms with Crippen LogP contribution in [0, 0.1) is 13.8 Å². The Bertz CT molecular complexity index is 840. The van der Waals surface area contributed by atoms with Crippen LogP contribution in [0.2, 0.25) is 0 Å². The van der Waals surface area contributed by atoms with Crippen molar-refractivity contribution < 1.29 is 4.52 Å². The van der Waals surface area contributed by atoms with Crippen LogP contribution in [0.15, 0.2) is 23.0 Å². The van der Waals surface area contributed by atoms with Crippen LogP contribution in [0.4, 0.5) is 5.82 Å². The van der Waals surface area contributed by atoms with Gasteiger partial charge in [-0.25, -0.2) is 15.0 Å². The monoisotopic (exact) mass is 311 g/mol. The lowest BCUT2D eigenvalue weighted by Crippen LogP contribution is -2.19. The Labute approximate surface area is 135 Å². The fourth-order valence-corrected chi connectivity index (χ4v) is 2.67.